The standard InChI is InChI=1S/C14H9ClF3N5O2S/c15-13-6-5-11(7-12(13)14(16,17)18)26(24,25)20-9-1-3-10(4-2-9)23-8-19-21-22-23/h1-8,20H. The molecule has 26 heavy (non-hydrogen) atoms. The first-order valence-electron chi connectivity index (χ1n) is 6.90. The lowest BCUT2D eigenvalue weighted by molar-refractivity contribution is -0.137. The number of rotatable bonds is 4. The summed E-state index contributed by atoms with van der Waals surface area (Å²) in [4.78, 5) is -0.557. The normalized spacial score (nSPS) is 12.2. The predicted molar refractivity (Wildman–Crippen MR) is 86.4 cm³/mol. The maximum Gasteiger partial charge on any atom is 0.417 e. The highest BCUT2D eigenvalue weighted by Crippen LogP contribution is 2.36. The average molecular weight is 404 g/mol. The molecule has 0 atom stereocenters. The molecule has 0 spiro atoms. The van der Waals surface area contributed by atoms with Gasteiger partial charge in [0.15, 0.2) is 0 Å². The minimum Gasteiger partial charge on any atom is -0.280 e. The van der Waals surface area contributed by atoms with Gasteiger partial charge in [-0.3, -0.25) is 4.72 Å². The summed E-state index contributed by atoms with van der Waals surface area (Å²) in [6.07, 6.45) is -3.42. The van der Waals surface area contributed by atoms with Crippen molar-refractivity contribution in [3.63, 3.8) is 0 Å². The number of benzene rings is 2. The van der Waals surface area contributed by atoms with Gasteiger partial charge in [0.25, 0.3) is 10.0 Å². The van der Waals surface area contributed by atoms with Crippen LogP contribution in [0.15, 0.2) is 53.7 Å². The summed E-state index contributed by atoms with van der Waals surface area (Å²) >= 11 is 5.50. The molecule has 0 fully saturated rings. The molecule has 0 saturated heterocycles. The second-order valence-electron chi connectivity index (χ2n) is 5.05. The van der Waals surface area contributed by atoms with Crippen LogP contribution in [0, 0.1) is 0 Å². The Labute approximate surface area is 150 Å². The molecule has 0 aliphatic carbocycles. The maximum atomic E-state index is 12.9. The van der Waals surface area contributed by atoms with Crippen LogP contribution in [-0.4, -0.2) is 28.6 Å². The summed E-state index contributed by atoms with van der Waals surface area (Å²) < 4.78 is 67.0. The minimum absolute atomic E-state index is 0.158. The number of tetrazole rings is 1. The molecule has 1 heterocycles. The van der Waals surface area contributed by atoms with Gasteiger partial charge in [0.05, 0.1) is 21.2 Å². The molecule has 0 saturated carbocycles. The number of sulfonamides is 1. The van der Waals surface area contributed by atoms with Crippen molar-refractivity contribution in [1.82, 2.24) is 20.2 Å². The Morgan fingerprint density at radius 2 is 1.77 bits per heavy atom. The number of nitrogens with one attached hydrogen (secondary N) is 1. The number of hydrogen-bond donors (Lipinski definition) is 1. The van der Waals surface area contributed by atoms with E-state index in [-0.39, 0.29) is 5.69 Å². The molecular formula is C14H9ClF3N5O2S. The van der Waals surface area contributed by atoms with E-state index in [0.717, 1.165) is 12.1 Å². The Kier molecular flexibility index (Phi) is 4.59. The van der Waals surface area contributed by atoms with Crippen molar-refractivity contribution in [2.45, 2.75) is 11.1 Å². The summed E-state index contributed by atoms with van der Waals surface area (Å²) in [7, 11) is -4.24. The van der Waals surface area contributed by atoms with E-state index in [4.69, 9.17) is 11.6 Å². The van der Waals surface area contributed by atoms with Crippen LogP contribution in [0.5, 0.6) is 0 Å². The molecule has 3 aromatic rings. The van der Waals surface area contributed by atoms with Crippen LogP contribution in [0.2, 0.25) is 5.02 Å². The second-order valence-corrected chi connectivity index (χ2v) is 7.14. The number of alkyl halides is 3. The molecule has 12 heteroatoms. The molecule has 0 aliphatic heterocycles. The Morgan fingerprint density at radius 3 is 2.35 bits per heavy atom. The average Bonchev–Trinajstić information content (AvgIpc) is 3.09. The van der Waals surface area contributed by atoms with E-state index < -0.39 is 31.7 Å². The van der Waals surface area contributed by atoms with E-state index in [1.165, 1.54) is 35.3 Å². The number of hydrogen-bond acceptors (Lipinski definition) is 5. The molecule has 0 unspecified atom stereocenters. The monoisotopic (exact) mass is 403 g/mol. The van der Waals surface area contributed by atoms with E-state index >= 15 is 0 Å². The molecule has 136 valence electrons. The van der Waals surface area contributed by atoms with E-state index in [1.807, 2.05) is 0 Å². The zero-order chi connectivity index (χ0) is 18.9. The zero-order valence-electron chi connectivity index (χ0n) is 12.6. The van der Waals surface area contributed by atoms with Crippen molar-refractivity contribution in [2.75, 3.05) is 4.72 Å². The Bertz CT molecular complexity index is 1020. The quantitative estimate of drug-likeness (QED) is 0.722. The van der Waals surface area contributed by atoms with Crippen LogP contribution in [0.1, 0.15) is 5.56 Å². The largest absolute Gasteiger partial charge is 0.417 e. The van der Waals surface area contributed by atoms with Crippen molar-refractivity contribution in [1.29, 1.82) is 0 Å². The van der Waals surface area contributed by atoms with E-state index in [0.29, 0.717) is 11.8 Å². The first-order chi connectivity index (χ1) is 12.2. The fourth-order valence-electron chi connectivity index (χ4n) is 2.06. The molecule has 1 aromatic heterocycles. The van der Waals surface area contributed by atoms with E-state index in [1.54, 1.807) is 0 Å². The van der Waals surface area contributed by atoms with E-state index in [9.17, 15) is 21.6 Å². The highest BCUT2D eigenvalue weighted by atomic mass is 35.5. The fraction of sp³-hybridized carbons (Fsp3) is 0.0714. The third kappa shape index (κ3) is 3.78. The van der Waals surface area contributed by atoms with Gasteiger partial charge in [0, 0.05) is 5.69 Å². The molecule has 7 nitrogen and oxygen atoms in total. The van der Waals surface area contributed by atoms with Gasteiger partial charge in [-0.2, -0.15) is 13.2 Å². The first-order valence-corrected chi connectivity index (χ1v) is 8.76. The van der Waals surface area contributed by atoms with Crippen LogP contribution in [0.3, 0.4) is 0 Å². The molecule has 0 amide bonds. The van der Waals surface area contributed by atoms with Gasteiger partial charge in [0.2, 0.25) is 0 Å². The Balaban J connectivity index is 1.87. The van der Waals surface area contributed by atoms with Gasteiger partial charge < -0.3 is 0 Å². The van der Waals surface area contributed by atoms with Crippen LogP contribution in [0.25, 0.3) is 5.69 Å². The second kappa shape index (κ2) is 6.57. The molecule has 1 N–H and O–H groups in total. The third-order valence-electron chi connectivity index (χ3n) is 3.29. The lowest BCUT2D eigenvalue weighted by Crippen LogP contribution is -2.15. The van der Waals surface area contributed by atoms with Crippen LogP contribution in [-0.2, 0) is 16.2 Å². The van der Waals surface area contributed by atoms with Gasteiger partial charge >= 0.3 is 6.18 Å². The summed E-state index contributed by atoms with van der Waals surface area (Å²) in [6.45, 7) is 0. The molecular weight excluding hydrogens is 395 g/mol. The summed E-state index contributed by atoms with van der Waals surface area (Å²) in [6, 6.07) is 8.30. The van der Waals surface area contributed by atoms with Gasteiger partial charge in [-0.05, 0) is 52.9 Å². The Hall–Kier alpha value is -2.66. The summed E-state index contributed by atoms with van der Waals surface area (Å²) in [5.41, 5.74) is -0.495. The number of aromatic nitrogens is 4. The smallest absolute Gasteiger partial charge is 0.280 e. The zero-order valence-corrected chi connectivity index (χ0v) is 14.2. The highest BCUT2D eigenvalue weighted by Gasteiger charge is 2.34. The van der Waals surface area contributed by atoms with Crippen molar-refractivity contribution in [3.05, 3.63) is 59.4 Å². The highest BCUT2D eigenvalue weighted by molar-refractivity contribution is 7.92. The van der Waals surface area contributed by atoms with Crippen molar-refractivity contribution >= 4 is 27.3 Å². The van der Waals surface area contributed by atoms with Crippen LogP contribution < -0.4 is 4.72 Å². The first kappa shape index (κ1) is 18.1. The van der Waals surface area contributed by atoms with Crippen LogP contribution >= 0.6 is 11.6 Å². The third-order valence-corrected chi connectivity index (χ3v) is 5.00. The van der Waals surface area contributed by atoms with Gasteiger partial charge in [-0.15, -0.1) is 5.10 Å². The lowest BCUT2D eigenvalue weighted by atomic mass is 10.2. The molecule has 0 radical (unpaired) electrons. The molecule has 3 rings (SSSR count). The minimum atomic E-state index is -4.77. The van der Waals surface area contributed by atoms with Gasteiger partial charge in [-0.1, -0.05) is 11.6 Å². The number of nitrogens with zero attached hydrogens (tertiary/aromatic N) is 4. The van der Waals surface area contributed by atoms with Crippen molar-refractivity contribution in [2.24, 2.45) is 0 Å². The number of anilines is 1. The van der Waals surface area contributed by atoms with Gasteiger partial charge in [0.1, 0.15) is 6.33 Å². The summed E-state index contributed by atoms with van der Waals surface area (Å²) in [5, 5.41) is 10.0. The maximum absolute atomic E-state index is 12.9. The predicted octanol–water partition coefficient (Wildman–Crippen LogP) is 3.14. The summed E-state index contributed by atoms with van der Waals surface area (Å²) in [5.74, 6) is 0. The van der Waals surface area contributed by atoms with Gasteiger partial charge in [-0.25, -0.2) is 13.1 Å². The van der Waals surface area contributed by atoms with E-state index in [2.05, 4.69) is 20.2 Å². The fourth-order valence-corrected chi connectivity index (χ4v) is 3.37. The lowest BCUT2D eigenvalue weighted by Gasteiger charge is -2.12. The van der Waals surface area contributed by atoms with Crippen molar-refractivity contribution < 1.29 is 21.6 Å². The topological polar surface area (TPSA) is 89.8 Å². The SMILES string of the molecule is O=S(=O)(Nc1ccc(-n2cnnn2)cc1)c1ccc(Cl)c(C(F)(F)F)c1. The molecule has 2 aromatic carbocycles. The number of halogens is 4. The van der Waals surface area contributed by atoms with Crippen molar-refractivity contribution in [3.8, 4) is 5.69 Å². The molecule has 0 bridgehead atoms. The van der Waals surface area contributed by atoms with Crippen LogP contribution in [0.4, 0.5) is 18.9 Å². The Morgan fingerprint density at radius 1 is 1.08 bits per heavy atom. The molecule has 0 aliphatic rings.